The van der Waals surface area contributed by atoms with Crippen molar-refractivity contribution in [2.45, 2.75) is 19.0 Å². The van der Waals surface area contributed by atoms with Gasteiger partial charge in [0.1, 0.15) is 0 Å². The molecule has 2 N–H and O–H groups in total. The zero-order valence-electron chi connectivity index (χ0n) is 15.2. The highest BCUT2D eigenvalue weighted by molar-refractivity contribution is 14.0. The molecule has 1 aliphatic heterocycles. The number of halogens is 3. The van der Waals surface area contributed by atoms with Crippen molar-refractivity contribution < 1.29 is 0 Å². The van der Waals surface area contributed by atoms with Gasteiger partial charge in [-0.25, -0.2) is 0 Å². The van der Waals surface area contributed by atoms with Crippen LogP contribution in [0.15, 0.2) is 23.2 Å². The average molecular weight is 500 g/mol. The molecule has 2 rings (SSSR count). The molecule has 1 aromatic carbocycles. The van der Waals surface area contributed by atoms with E-state index in [9.17, 15) is 0 Å². The molecule has 25 heavy (non-hydrogen) atoms. The fourth-order valence-corrected chi connectivity index (χ4v) is 3.11. The van der Waals surface area contributed by atoms with Gasteiger partial charge in [-0.15, -0.1) is 24.0 Å². The molecule has 2 unspecified atom stereocenters. The van der Waals surface area contributed by atoms with Crippen molar-refractivity contribution in [1.82, 2.24) is 20.4 Å². The highest BCUT2D eigenvalue weighted by atomic mass is 127. The van der Waals surface area contributed by atoms with Crippen LogP contribution in [0.4, 0.5) is 0 Å². The Morgan fingerprint density at radius 1 is 1.28 bits per heavy atom. The standard InChI is InChI=1S/C17H27Cl2N5.HI/c1-12(13-5-6-15(18)16(19)9-13)22-17(20-2)21-10-14-11-23(3)7-8-24(14)4;/h5-6,9,12,14H,7-8,10-11H2,1-4H3,(H2,20,21,22);1H. The number of piperazine rings is 1. The molecule has 1 fully saturated rings. The Hall–Kier alpha value is -0.280. The molecule has 0 spiro atoms. The molecule has 0 bridgehead atoms. The highest BCUT2D eigenvalue weighted by Crippen LogP contribution is 2.25. The first-order valence-electron chi connectivity index (χ1n) is 8.21. The van der Waals surface area contributed by atoms with Crippen molar-refractivity contribution in [2.75, 3.05) is 47.3 Å². The van der Waals surface area contributed by atoms with Gasteiger partial charge < -0.3 is 15.5 Å². The summed E-state index contributed by atoms with van der Waals surface area (Å²) < 4.78 is 0. The predicted molar refractivity (Wildman–Crippen MR) is 119 cm³/mol. The first-order chi connectivity index (χ1) is 11.4. The summed E-state index contributed by atoms with van der Waals surface area (Å²) >= 11 is 12.1. The quantitative estimate of drug-likeness (QED) is 0.379. The molecule has 1 saturated heterocycles. The number of hydrogen-bond donors (Lipinski definition) is 2. The Kier molecular flexibility index (Phi) is 9.80. The molecule has 2 atom stereocenters. The molecule has 5 nitrogen and oxygen atoms in total. The summed E-state index contributed by atoms with van der Waals surface area (Å²) in [7, 11) is 6.13. The summed E-state index contributed by atoms with van der Waals surface area (Å²) in [6.07, 6.45) is 0. The third-order valence-electron chi connectivity index (χ3n) is 4.51. The number of nitrogens with zero attached hydrogens (tertiary/aromatic N) is 3. The molecule has 8 heteroatoms. The van der Waals surface area contributed by atoms with Crippen molar-refractivity contribution in [3.63, 3.8) is 0 Å². The number of aliphatic imine (C=N–C) groups is 1. The molecule has 1 aliphatic rings. The number of rotatable bonds is 4. The SMILES string of the molecule is CN=C(NCC1CN(C)CCN1C)NC(C)c1ccc(Cl)c(Cl)c1.I. The Balaban J connectivity index is 0.00000312. The normalized spacial score (nSPS) is 20.7. The van der Waals surface area contributed by atoms with Crippen molar-refractivity contribution in [3.8, 4) is 0 Å². The highest BCUT2D eigenvalue weighted by Gasteiger charge is 2.22. The Bertz CT molecular complexity index is 584. The van der Waals surface area contributed by atoms with E-state index in [0.29, 0.717) is 16.1 Å². The van der Waals surface area contributed by atoms with E-state index in [1.807, 2.05) is 18.2 Å². The molecule has 142 valence electrons. The summed E-state index contributed by atoms with van der Waals surface area (Å²) in [5, 5.41) is 7.96. The summed E-state index contributed by atoms with van der Waals surface area (Å²) in [6, 6.07) is 6.24. The molecular formula is C17H28Cl2IN5. The second-order valence-corrected chi connectivity index (χ2v) is 7.20. The zero-order chi connectivity index (χ0) is 17.7. The van der Waals surface area contributed by atoms with E-state index in [4.69, 9.17) is 23.2 Å². The average Bonchev–Trinajstić information content (AvgIpc) is 2.56. The van der Waals surface area contributed by atoms with Crippen LogP contribution in [-0.4, -0.2) is 69.1 Å². The minimum atomic E-state index is 0. The number of benzene rings is 1. The second-order valence-electron chi connectivity index (χ2n) is 6.39. The molecular weight excluding hydrogens is 472 g/mol. The predicted octanol–water partition coefficient (Wildman–Crippen LogP) is 3.08. The lowest BCUT2D eigenvalue weighted by molar-refractivity contribution is 0.116. The molecule has 0 radical (unpaired) electrons. The summed E-state index contributed by atoms with van der Waals surface area (Å²) in [5.41, 5.74) is 1.07. The second kappa shape index (κ2) is 10.8. The van der Waals surface area contributed by atoms with Crippen LogP contribution in [0.5, 0.6) is 0 Å². The third-order valence-corrected chi connectivity index (χ3v) is 5.24. The van der Waals surface area contributed by atoms with Gasteiger partial charge >= 0.3 is 0 Å². The van der Waals surface area contributed by atoms with Crippen LogP contribution in [0.25, 0.3) is 0 Å². The van der Waals surface area contributed by atoms with Crippen LogP contribution in [0, 0.1) is 0 Å². The fourth-order valence-electron chi connectivity index (χ4n) is 2.80. The maximum absolute atomic E-state index is 6.10. The summed E-state index contributed by atoms with van der Waals surface area (Å²) in [4.78, 5) is 9.08. The molecule has 1 heterocycles. The monoisotopic (exact) mass is 499 g/mol. The maximum atomic E-state index is 6.10. The van der Waals surface area contributed by atoms with Gasteiger partial charge in [0.05, 0.1) is 16.1 Å². The smallest absolute Gasteiger partial charge is 0.191 e. The first-order valence-corrected chi connectivity index (χ1v) is 8.97. The number of guanidine groups is 1. The van der Waals surface area contributed by atoms with Crippen LogP contribution in [0.2, 0.25) is 10.0 Å². The largest absolute Gasteiger partial charge is 0.355 e. The van der Waals surface area contributed by atoms with Gasteiger partial charge in [0.2, 0.25) is 0 Å². The van der Waals surface area contributed by atoms with Crippen molar-refractivity contribution in [2.24, 2.45) is 4.99 Å². The van der Waals surface area contributed by atoms with E-state index in [1.54, 1.807) is 7.05 Å². The minimum absolute atomic E-state index is 0. The molecule has 0 amide bonds. The van der Waals surface area contributed by atoms with E-state index >= 15 is 0 Å². The van der Waals surface area contributed by atoms with E-state index in [-0.39, 0.29) is 30.0 Å². The summed E-state index contributed by atoms with van der Waals surface area (Å²) in [6.45, 7) is 6.20. The minimum Gasteiger partial charge on any atom is -0.355 e. The summed E-state index contributed by atoms with van der Waals surface area (Å²) in [5.74, 6) is 0.787. The molecule has 0 aliphatic carbocycles. The molecule has 0 saturated carbocycles. The van der Waals surface area contributed by atoms with Crippen molar-refractivity contribution in [3.05, 3.63) is 33.8 Å². The van der Waals surface area contributed by atoms with Gasteiger partial charge in [0.15, 0.2) is 5.96 Å². The number of likely N-dealkylation sites (N-methyl/N-ethyl adjacent to an activating group) is 2. The van der Waals surface area contributed by atoms with Gasteiger partial charge in [0, 0.05) is 39.3 Å². The van der Waals surface area contributed by atoms with Crippen molar-refractivity contribution >= 4 is 53.1 Å². The van der Waals surface area contributed by atoms with Gasteiger partial charge in [-0.2, -0.15) is 0 Å². The van der Waals surface area contributed by atoms with Gasteiger partial charge in [-0.1, -0.05) is 29.3 Å². The molecule has 0 aromatic heterocycles. The zero-order valence-corrected chi connectivity index (χ0v) is 19.1. The van der Waals surface area contributed by atoms with Crippen LogP contribution in [-0.2, 0) is 0 Å². The van der Waals surface area contributed by atoms with E-state index in [1.165, 1.54) is 0 Å². The Morgan fingerprint density at radius 3 is 2.64 bits per heavy atom. The lowest BCUT2D eigenvalue weighted by Gasteiger charge is -2.38. The lowest BCUT2D eigenvalue weighted by Crippen LogP contribution is -2.55. The van der Waals surface area contributed by atoms with E-state index in [0.717, 1.165) is 37.7 Å². The van der Waals surface area contributed by atoms with E-state index < -0.39 is 0 Å². The van der Waals surface area contributed by atoms with Crippen LogP contribution < -0.4 is 10.6 Å². The number of hydrogen-bond acceptors (Lipinski definition) is 3. The topological polar surface area (TPSA) is 42.9 Å². The number of nitrogens with one attached hydrogen (secondary N) is 2. The lowest BCUT2D eigenvalue weighted by atomic mass is 10.1. The van der Waals surface area contributed by atoms with Gasteiger partial charge in [-0.05, 0) is 38.7 Å². The van der Waals surface area contributed by atoms with Crippen molar-refractivity contribution in [1.29, 1.82) is 0 Å². The third kappa shape index (κ3) is 6.75. The molecule has 1 aromatic rings. The fraction of sp³-hybridized carbons (Fsp3) is 0.588. The maximum Gasteiger partial charge on any atom is 0.191 e. The Morgan fingerprint density at radius 2 is 2.00 bits per heavy atom. The van der Waals surface area contributed by atoms with Crippen LogP contribution in [0.1, 0.15) is 18.5 Å². The van der Waals surface area contributed by atoms with Gasteiger partial charge in [-0.3, -0.25) is 9.89 Å². The Labute approximate surface area is 178 Å². The van der Waals surface area contributed by atoms with Gasteiger partial charge in [0.25, 0.3) is 0 Å². The van der Waals surface area contributed by atoms with E-state index in [2.05, 4.69) is 46.4 Å². The van der Waals surface area contributed by atoms with Crippen LogP contribution >= 0.6 is 47.2 Å². The first kappa shape index (κ1) is 22.8. The van der Waals surface area contributed by atoms with Crippen LogP contribution in [0.3, 0.4) is 0 Å².